The molecule has 7 nitrogen and oxygen atoms in total. The molecule has 1 aromatic heterocycles. The molecule has 4 aromatic carbocycles. The number of nitrogens with zero attached hydrogens (tertiary/aromatic N) is 4. The highest BCUT2D eigenvalue weighted by molar-refractivity contribution is 6.31. The number of fused-ring (bicyclic) bond motifs is 2. The molecule has 0 saturated carbocycles. The van der Waals surface area contributed by atoms with Gasteiger partial charge in [0.1, 0.15) is 5.75 Å². The van der Waals surface area contributed by atoms with Crippen molar-refractivity contribution in [1.82, 2.24) is 9.47 Å². The van der Waals surface area contributed by atoms with Gasteiger partial charge in [0.05, 0.1) is 23.7 Å². The van der Waals surface area contributed by atoms with Crippen LogP contribution in [0.4, 0.5) is 5.69 Å². The van der Waals surface area contributed by atoms with E-state index in [0.717, 1.165) is 41.8 Å². The van der Waals surface area contributed by atoms with Gasteiger partial charge in [0.15, 0.2) is 0 Å². The summed E-state index contributed by atoms with van der Waals surface area (Å²) in [6.07, 6.45) is 3.40. The van der Waals surface area contributed by atoms with Crippen LogP contribution < -0.4 is 4.90 Å². The van der Waals surface area contributed by atoms with Gasteiger partial charge < -0.3 is 19.5 Å². The van der Waals surface area contributed by atoms with E-state index in [1.165, 1.54) is 5.56 Å². The van der Waals surface area contributed by atoms with Gasteiger partial charge in [-0.3, -0.25) is 9.59 Å². The highest BCUT2D eigenvalue weighted by Gasteiger charge is 2.30. The highest BCUT2D eigenvalue weighted by Crippen LogP contribution is 2.36. The number of amides is 2. The summed E-state index contributed by atoms with van der Waals surface area (Å²) in [6.45, 7) is 2.05. The van der Waals surface area contributed by atoms with E-state index < -0.39 is 0 Å². The van der Waals surface area contributed by atoms with Crippen molar-refractivity contribution in [3.05, 3.63) is 141 Å². The molecule has 0 radical (unpaired) electrons. The van der Waals surface area contributed by atoms with Gasteiger partial charge in [-0.1, -0.05) is 54.1 Å². The first kappa shape index (κ1) is 30.3. The Morgan fingerprint density at radius 2 is 1.62 bits per heavy atom. The van der Waals surface area contributed by atoms with Crippen molar-refractivity contribution in [3.8, 4) is 23.1 Å². The third kappa shape index (κ3) is 5.89. The number of hydrogen-bond acceptors (Lipinski definition) is 4. The Morgan fingerprint density at radius 3 is 2.43 bits per heavy atom. The molecule has 0 spiro atoms. The lowest BCUT2D eigenvalue weighted by molar-refractivity contribution is 0.0735. The van der Waals surface area contributed by atoms with Gasteiger partial charge in [-0.15, -0.1) is 0 Å². The topological polar surface area (TPSA) is 89.6 Å². The largest absolute Gasteiger partial charge is 0.508 e. The number of halogens is 1. The van der Waals surface area contributed by atoms with Crippen molar-refractivity contribution in [1.29, 1.82) is 5.26 Å². The maximum atomic E-state index is 14.7. The number of phenolic OH excluding ortho intramolecular Hbond substituents is 1. The Morgan fingerprint density at radius 1 is 0.851 bits per heavy atom. The number of nitriles is 1. The Balaban J connectivity index is 1.31. The molecule has 2 amide bonds. The van der Waals surface area contributed by atoms with Gasteiger partial charge in [-0.2, -0.15) is 5.26 Å². The van der Waals surface area contributed by atoms with Gasteiger partial charge >= 0.3 is 0 Å². The molecule has 7 rings (SSSR count). The number of hydrogen-bond donors (Lipinski definition) is 1. The zero-order valence-electron chi connectivity index (χ0n) is 25.8. The van der Waals surface area contributed by atoms with Crippen LogP contribution in [0.25, 0.3) is 11.3 Å². The van der Waals surface area contributed by atoms with Crippen molar-refractivity contribution >= 4 is 29.1 Å². The molecule has 2 aliphatic rings. The lowest BCUT2D eigenvalue weighted by Gasteiger charge is -2.30. The zero-order valence-corrected chi connectivity index (χ0v) is 26.6. The smallest absolute Gasteiger partial charge is 0.260 e. The first-order valence-electron chi connectivity index (χ1n) is 15.9. The maximum Gasteiger partial charge on any atom is 0.260 e. The standard InChI is InChI=1S/C39H33ClN4O3/c40-30-12-17-33(38(46)42-20-18-26-7-1-3-9-28(26)24-42)34(21-30)37-22-35(36-11-5-6-19-43(36)37)39(47)44(31-13-15-32(45)16-14-31)25-29-10-4-2-8-27(29)23-41/h1-4,7-10,12-17,21-22,45H,5-6,11,18-20,24-25H2. The van der Waals surface area contributed by atoms with Crippen molar-refractivity contribution in [2.24, 2.45) is 0 Å². The molecule has 5 aromatic rings. The number of aromatic nitrogens is 1. The van der Waals surface area contributed by atoms with Crippen LogP contribution >= 0.6 is 11.6 Å². The molecule has 47 heavy (non-hydrogen) atoms. The van der Waals surface area contributed by atoms with Gasteiger partial charge in [0.2, 0.25) is 0 Å². The molecule has 0 saturated heterocycles. The summed E-state index contributed by atoms with van der Waals surface area (Å²) in [6, 6.07) is 31.5. The van der Waals surface area contributed by atoms with E-state index >= 15 is 0 Å². The minimum absolute atomic E-state index is 0.0655. The lowest BCUT2D eigenvalue weighted by Crippen LogP contribution is -2.36. The number of carbonyl (C=O) groups is 2. The number of benzene rings is 4. The average molecular weight is 641 g/mol. The van der Waals surface area contributed by atoms with E-state index in [2.05, 4.69) is 22.8 Å². The summed E-state index contributed by atoms with van der Waals surface area (Å²) in [4.78, 5) is 32.4. The Bertz CT molecular complexity index is 2040. The Labute approximate surface area is 278 Å². The second-order valence-corrected chi connectivity index (χ2v) is 12.5. The monoisotopic (exact) mass is 640 g/mol. The number of aromatic hydroxyl groups is 1. The lowest BCUT2D eigenvalue weighted by atomic mass is 9.97. The highest BCUT2D eigenvalue weighted by atomic mass is 35.5. The molecular weight excluding hydrogens is 608 g/mol. The minimum Gasteiger partial charge on any atom is -0.508 e. The molecule has 2 aliphatic heterocycles. The first-order chi connectivity index (χ1) is 22.9. The van der Waals surface area contributed by atoms with Crippen molar-refractivity contribution in [3.63, 3.8) is 0 Å². The fourth-order valence-corrected chi connectivity index (χ4v) is 7.01. The molecule has 0 atom stereocenters. The number of anilines is 1. The van der Waals surface area contributed by atoms with Crippen LogP contribution in [-0.2, 0) is 32.5 Å². The fourth-order valence-electron chi connectivity index (χ4n) is 6.83. The van der Waals surface area contributed by atoms with Crippen LogP contribution in [0.5, 0.6) is 5.75 Å². The van der Waals surface area contributed by atoms with Crippen LogP contribution in [0, 0.1) is 11.3 Å². The van der Waals surface area contributed by atoms with Gasteiger partial charge in [-0.05, 0) is 97.0 Å². The Hall–Kier alpha value is -5.32. The number of phenols is 1. The molecule has 8 heteroatoms. The average Bonchev–Trinajstić information content (AvgIpc) is 3.50. The molecule has 0 aliphatic carbocycles. The summed E-state index contributed by atoms with van der Waals surface area (Å²) < 4.78 is 2.17. The van der Waals surface area contributed by atoms with Gasteiger partial charge in [-0.25, -0.2) is 0 Å². The predicted molar refractivity (Wildman–Crippen MR) is 182 cm³/mol. The van der Waals surface area contributed by atoms with E-state index in [-0.39, 0.29) is 24.1 Å². The van der Waals surface area contributed by atoms with E-state index in [1.54, 1.807) is 53.4 Å². The molecule has 3 heterocycles. The maximum absolute atomic E-state index is 14.7. The third-order valence-corrected chi connectivity index (χ3v) is 9.50. The van der Waals surface area contributed by atoms with Crippen LogP contribution in [0.3, 0.4) is 0 Å². The van der Waals surface area contributed by atoms with E-state index in [9.17, 15) is 20.0 Å². The molecular formula is C39H33ClN4O3. The molecule has 0 fully saturated rings. The summed E-state index contributed by atoms with van der Waals surface area (Å²) in [5.74, 6) is -0.190. The minimum atomic E-state index is -0.220. The second-order valence-electron chi connectivity index (χ2n) is 12.1. The van der Waals surface area contributed by atoms with E-state index in [1.807, 2.05) is 41.3 Å². The third-order valence-electron chi connectivity index (χ3n) is 9.26. The second kappa shape index (κ2) is 12.8. The van der Waals surface area contributed by atoms with Crippen LogP contribution in [0.1, 0.15) is 61.5 Å². The normalized spacial score (nSPS) is 13.7. The quantitative estimate of drug-likeness (QED) is 0.205. The summed E-state index contributed by atoms with van der Waals surface area (Å²) in [5.41, 5.74) is 7.74. The summed E-state index contributed by atoms with van der Waals surface area (Å²) in [5, 5.41) is 20.3. The number of rotatable bonds is 6. The zero-order chi connectivity index (χ0) is 32.5. The summed E-state index contributed by atoms with van der Waals surface area (Å²) >= 11 is 6.58. The van der Waals surface area contributed by atoms with Gasteiger partial charge in [0.25, 0.3) is 11.8 Å². The SMILES string of the molecule is N#Cc1ccccc1CN(C(=O)c1cc(-c2cc(Cl)ccc2C(=O)N2CCc3ccccc3C2)n2c1CCCC2)c1ccc(O)cc1. The van der Waals surface area contributed by atoms with Gasteiger partial charge in [0, 0.05) is 52.9 Å². The van der Waals surface area contributed by atoms with E-state index in [4.69, 9.17) is 11.6 Å². The number of carbonyl (C=O) groups excluding carboxylic acids is 2. The van der Waals surface area contributed by atoms with Crippen LogP contribution in [-0.4, -0.2) is 32.9 Å². The summed E-state index contributed by atoms with van der Waals surface area (Å²) in [7, 11) is 0. The molecule has 234 valence electrons. The molecule has 1 N–H and O–H groups in total. The molecule has 0 unspecified atom stereocenters. The first-order valence-corrected chi connectivity index (χ1v) is 16.3. The van der Waals surface area contributed by atoms with Crippen molar-refractivity contribution in [2.75, 3.05) is 11.4 Å². The van der Waals surface area contributed by atoms with Crippen LogP contribution in [0.15, 0.2) is 97.1 Å². The predicted octanol–water partition coefficient (Wildman–Crippen LogP) is 7.77. The van der Waals surface area contributed by atoms with Crippen molar-refractivity contribution in [2.45, 2.75) is 45.3 Å². The molecule has 0 bridgehead atoms. The van der Waals surface area contributed by atoms with Crippen molar-refractivity contribution < 1.29 is 14.7 Å². The van der Waals surface area contributed by atoms with E-state index in [0.29, 0.717) is 59.0 Å². The van der Waals surface area contributed by atoms with Crippen LogP contribution in [0.2, 0.25) is 5.02 Å². The Kier molecular flexibility index (Phi) is 8.28. The fraction of sp³-hybridized carbons (Fsp3) is 0.205.